The maximum atomic E-state index is 6.27. The molecule has 2 nitrogen and oxygen atoms in total. The Bertz CT molecular complexity index is 1510. The number of hydrogen-bond acceptors (Lipinski definition) is 2. The van der Waals surface area contributed by atoms with Crippen LogP contribution < -0.4 is 5.32 Å². The van der Waals surface area contributed by atoms with E-state index in [2.05, 4.69) is 108 Å². The summed E-state index contributed by atoms with van der Waals surface area (Å²) in [6.45, 7) is 0. The van der Waals surface area contributed by atoms with Gasteiger partial charge in [-0.3, -0.25) is 0 Å². The lowest BCUT2D eigenvalue weighted by molar-refractivity contribution is 0.670. The van der Waals surface area contributed by atoms with E-state index in [1.807, 2.05) is 6.07 Å². The molecular weight excluding hydrogens is 366 g/mol. The standard InChI is InChI=1S/C28H19NO/c1-2-7-19(8-3-1)22-14-16-27-25(18-22)24-11-6-12-26(28(24)30-27)29-23-15-13-20-9-4-5-10-21(20)17-23/h1-18,29H. The lowest BCUT2D eigenvalue weighted by Crippen LogP contribution is -1.90. The van der Waals surface area contributed by atoms with Gasteiger partial charge in [0.2, 0.25) is 0 Å². The highest BCUT2D eigenvalue weighted by atomic mass is 16.3. The molecule has 2 heteroatoms. The molecule has 0 aliphatic rings. The normalized spacial score (nSPS) is 11.3. The highest BCUT2D eigenvalue weighted by Crippen LogP contribution is 2.37. The second-order valence-electron chi connectivity index (χ2n) is 7.55. The van der Waals surface area contributed by atoms with Crippen molar-refractivity contribution in [3.63, 3.8) is 0 Å². The van der Waals surface area contributed by atoms with Gasteiger partial charge in [-0.2, -0.15) is 0 Å². The minimum absolute atomic E-state index is 0.880. The maximum absolute atomic E-state index is 6.27. The Morgan fingerprint density at radius 2 is 1.37 bits per heavy atom. The highest BCUT2D eigenvalue weighted by Gasteiger charge is 2.12. The highest BCUT2D eigenvalue weighted by molar-refractivity contribution is 6.10. The molecule has 1 N–H and O–H groups in total. The first kappa shape index (κ1) is 16.9. The second-order valence-corrected chi connectivity index (χ2v) is 7.55. The van der Waals surface area contributed by atoms with Gasteiger partial charge < -0.3 is 9.73 Å². The summed E-state index contributed by atoms with van der Waals surface area (Å²) < 4.78 is 6.27. The van der Waals surface area contributed by atoms with Gasteiger partial charge in [0, 0.05) is 16.5 Å². The van der Waals surface area contributed by atoms with Crippen LogP contribution >= 0.6 is 0 Å². The predicted octanol–water partition coefficient (Wildman–Crippen LogP) is 8.15. The summed E-state index contributed by atoms with van der Waals surface area (Å²) in [5.74, 6) is 0. The van der Waals surface area contributed by atoms with E-state index in [0.717, 1.165) is 33.3 Å². The molecule has 0 radical (unpaired) electrons. The molecule has 1 aromatic heterocycles. The molecule has 0 bridgehead atoms. The maximum Gasteiger partial charge on any atom is 0.158 e. The first-order valence-electron chi connectivity index (χ1n) is 10.1. The quantitative estimate of drug-likeness (QED) is 0.332. The van der Waals surface area contributed by atoms with Crippen LogP contribution in [0.2, 0.25) is 0 Å². The van der Waals surface area contributed by atoms with Crippen molar-refractivity contribution in [3.05, 3.63) is 109 Å². The Balaban J connectivity index is 1.46. The van der Waals surface area contributed by atoms with Crippen LogP contribution in [-0.4, -0.2) is 0 Å². The number of nitrogens with one attached hydrogen (secondary N) is 1. The zero-order valence-electron chi connectivity index (χ0n) is 16.3. The summed E-state index contributed by atoms with van der Waals surface area (Å²) in [4.78, 5) is 0. The lowest BCUT2D eigenvalue weighted by Gasteiger charge is -2.08. The third-order valence-corrected chi connectivity index (χ3v) is 5.63. The number of hydrogen-bond donors (Lipinski definition) is 1. The van der Waals surface area contributed by atoms with E-state index < -0.39 is 0 Å². The van der Waals surface area contributed by atoms with Crippen LogP contribution in [0.1, 0.15) is 0 Å². The van der Waals surface area contributed by atoms with E-state index in [9.17, 15) is 0 Å². The van der Waals surface area contributed by atoms with Crippen molar-refractivity contribution in [1.82, 2.24) is 0 Å². The lowest BCUT2D eigenvalue weighted by atomic mass is 10.0. The summed E-state index contributed by atoms with van der Waals surface area (Å²) in [6.07, 6.45) is 0. The van der Waals surface area contributed by atoms with Crippen molar-refractivity contribution >= 4 is 44.1 Å². The van der Waals surface area contributed by atoms with E-state index in [0.29, 0.717) is 0 Å². The summed E-state index contributed by atoms with van der Waals surface area (Å²) in [7, 11) is 0. The average molecular weight is 385 g/mol. The monoisotopic (exact) mass is 385 g/mol. The molecule has 6 rings (SSSR count). The molecule has 0 atom stereocenters. The van der Waals surface area contributed by atoms with Gasteiger partial charge in [-0.25, -0.2) is 0 Å². The van der Waals surface area contributed by atoms with Crippen LogP contribution in [0.3, 0.4) is 0 Å². The van der Waals surface area contributed by atoms with Crippen LogP contribution in [0.25, 0.3) is 43.8 Å². The Morgan fingerprint density at radius 3 is 2.27 bits per heavy atom. The fraction of sp³-hybridized carbons (Fsp3) is 0. The molecule has 6 aromatic rings. The van der Waals surface area contributed by atoms with Crippen molar-refractivity contribution in [2.75, 3.05) is 5.32 Å². The van der Waals surface area contributed by atoms with Crippen molar-refractivity contribution in [2.45, 2.75) is 0 Å². The summed E-state index contributed by atoms with van der Waals surface area (Å²) >= 11 is 0. The van der Waals surface area contributed by atoms with Crippen LogP contribution in [0.4, 0.5) is 11.4 Å². The van der Waals surface area contributed by atoms with E-state index in [-0.39, 0.29) is 0 Å². The van der Waals surface area contributed by atoms with Gasteiger partial charge in [-0.1, -0.05) is 78.9 Å². The molecule has 0 spiro atoms. The number of rotatable bonds is 3. The summed E-state index contributed by atoms with van der Waals surface area (Å²) in [6, 6.07) is 37.9. The number of para-hydroxylation sites is 1. The molecule has 0 aliphatic heterocycles. The first-order chi connectivity index (χ1) is 14.8. The predicted molar refractivity (Wildman–Crippen MR) is 126 cm³/mol. The molecule has 1 heterocycles. The minimum atomic E-state index is 0.880. The van der Waals surface area contributed by atoms with Gasteiger partial charge in [0.1, 0.15) is 5.58 Å². The third-order valence-electron chi connectivity index (χ3n) is 5.63. The Kier molecular flexibility index (Phi) is 3.82. The van der Waals surface area contributed by atoms with E-state index in [1.54, 1.807) is 0 Å². The third kappa shape index (κ3) is 2.82. The van der Waals surface area contributed by atoms with Gasteiger partial charge >= 0.3 is 0 Å². The summed E-state index contributed by atoms with van der Waals surface area (Å²) in [5.41, 5.74) is 6.20. The SMILES string of the molecule is c1ccc(-c2ccc3oc4c(Nc5ccc6ccccc6c5)cccc4c3c2)cc1. The van der Waals surface area contributed by atoms with Gasteiger partial charge in [0.25, 0.3) is 0 Å². The molecule has 0 unspecified atom stereocenters. The van der Waals surface area contributed by atoms with Gasteiger partial charge in [-0.15, -0.1) is 0 Å². The van der Waals surface area contributed by atoms with Crippen molar-refractivity contribution in [2.24, 2.45) is 0 Å². The number of anilines is 2. The smallest absolute Gasteiger partial charge is 0.158 e. The van der Waals surface area contributed by atoms with Gasteiger partial charge in [0.15, 0.2) is 5.58 Å². The Labute approximate surface area is 174 Å². The number of fused-ring (bicyclic) bond motifs is 4. The van der Waals surface area contributed by atoms with Crippen molar-refractivity contribution in [1.29, 1.82) is 0 Å². The molecule has 5 aromatic carbocycles. The van der Waals surface area contributed by atoms with Crippen molar-refractivity contribution < 1.29 is 4.42 Å². The first-order valence-corrected chi connectivity index (χ1v) is 10.1. The molecule has 0 saturated carbocycles. The molecule has 142 valence electrons. The average Bonchev–Trinajstić information content (AvgIpc) is 3.19. The molecule has 0 saturated heterocycles. The summed E-state index contributed by atoms with van der Waals surface area (Å²) in [5, 5.41) is 8.25. The zero-order chi connectivity index (χ0) is 19.9. The Morgan fingerprint density at radius 1 is 0.533 bits per heavy atom. The van der Waals surface area contributed by atoms with E-state index >= 15 is 0 Å². The van der Waals surface area contributed by atoms with Crippen LogP contribution in [0.5, 0.6) is 0 Å². The number of furan rings is 1. The minimum Gasteiger partial charge on any atom is -0.454 e. The van der Waals surface area contributed by atoms with Gasteiger partial charge in [0.05, 0.1) is 5.69 Å². The second kappa shape index (κ2) is 6.78. The largest absolute Gasteiger partial charge is 0.454 e. The topological polar surface area (TPSA) is 25.2 Å². The van der Waals surface area contributed by atoms with E-state index in [1.165, 1.54) is 21.9 Å². The van der Waals surface area contributed by atoms with Gasteiger partial charge in [-0.05, 0) is 52.2 Å². The molecule has 0 aliphatic carbocycles. The van der Waals surface area contributed by atoms with Crippen LogP contribution in [-0.2, 0) is 0 Å². The molecular formula is C28H19NO. The zero-order valence-corrected chi connectivity index (χ0v) is 16.3. The fourth-order valence-corrected chi connectivity index (χ4v) is 4.13. The fourth-order valence-electron chi connectivity index (χ4n) is 4.13. The molecule has 0 amide bonds. The number of benzene rings is 5. The van der Waals surface area contributed by atoms with Crippen LogP contribution in [0.15, 0.2) is 114 Å². The molecule has 30 heavy (non-hydrogen) atoms. The molecule has 0 fully saturated rings. The van der Waals surface area contributed by atoms with Crippen molar-refractivity contribution in [3.8, 4) is 11.1 Å². The van der Waals surface area contributed by atoms with Crippen LogP contribution in [0, 0.1) is 0 Å². The van der Waals surface area contributed by atoms with E-state index in [4.69, 9.17) is 4.42 Å². The Hall–Kier alpha value is -4.04.